The Kier molecular flexibility index (Phi) is 15.4. The number of unbranched alkanes of at least 4 members (excludes halogenated alkanes) is 3. The van der Waals surface area contributed by atoms with Crippen LogP contribution in [0.25, 0.3) is 5.57 Å². The van der Waals surface area contributed by atoms with Crippen LogP contribution < -0.4 is 20.1 Å². The highest BCUT2D eigenvalue weighted by molar-refractivity contribution is 5.63. The van der Waals surface area contributed by atoms with Crippen molar-refractivity contribution in [3.63, 3.8) is 0 Å². The molecule has 2 N–H and O–H groups in total. The Morgan fingerprint density at radius 2 is 1.95 bits per heavy atom. The second-order valence-electron chi connectivity index (χ2n) is 9.61. The first-order valence-corrected chi connectivity index (χ1v) is 14.1. The van der Waals surface area contributed by atoms with Crippen molar-refractivity contribution >= 4 is 11.9 Å². The first-order valence-electron chi connectivity index (χ1n) is 14.1. The molecule has 0 aromatic heterocycles. The van der Waals surface area contributed by atoms with Gasteiger partial charge in [0.15, 0.2) is 0 Å². The SMILES string of the molecule is C=C(CCCCCC=O)c1ccc(OCC)cc1.CCCNCC(Cc1ccc2c(c1)CCCO2)NC. The normalized spacial score (nSPS) is 12.9. The van der Waals surface area contributed by atoms with Crippen LogP contribution in [0.2, 0.25) is 0 Å². The van der Waals surface area contributed by atoms with E-state index in [0.29, 0.717) is 19.1 Å². The third-order valence-electron chi connectivity index (χ3n) is 6.55. The third-order valence-corrected chi connectivity index (χ3v) is 6.55. The van der Waals surface area contributed by atoms with Gasteiger partial charge in [-0.3, -0.25) is 0 Å². The fourth-order valence-corrected chi connectivity index (χ4v) is 4.40. The molecule has 37 heavy (non-hydrogen) atoms. The molecule has 0 aliphatic carbocycles. The number of carbonyl (C=O) groups is 1. The zero-order valence-corrected chi connectivity index (χ0v) is 23.3. The summed E-state index contributed by atoms with van der Waals surface area (Å²) in [5.74, 6) is 1.99. The summed E-state index contributed by atoms with van der Waals surface area (Å²) in [4.78, 5) is 10.2. The van der Waals surface area contributed by atoms with Crippen LogP contribution in [0.4, 0.5) is 0 Å². The first-order chi connectivity index (χ1) is 18.1. The molecule has 1 aliphatic heterocycles. The first kappa shape index (κ1) is 30.6. The highest BCUT2D eigenvalue weighted by Gasteiger charge is 2.12. The molecule has 5 heteroatoms. The van der Waals surface area contributed by atoms with Crippen molar-refractivity contribution in [2.45, 2.75) is 77.7 Å². The maximum atomic E-state index is 10.2. The minimum Gasteiger partial charge on any atom is -0.494 e. The van der Waals surface area contributed by atoms with Gasteiger partial charge in [-0.25, -0.2) is 0 Å². The lowest BCUT2D eigenvalue weighted by Gasteiger charge is -2.20. The van der Waals surface area contributed by atoms with E-state index in [1.54, 1.807) is 0 Å². The third kappa shape index (κ3) is 12.0. The summed E-state index contributed by atoms with van der Waals surface area (Å²) in [6, 6.07) is 15.2. The van der Waals surface area contributed by atoms with Crippen LogP contribution in [0, 0.1) is 0 Å². The fourth-order valence-electron chi connectivity index (χ4n) is 4.40. The average Bonchev–Trinajstić information content (AvgIpc) is 2.93. The molecule has 0 radical (unpaired) electrons. The molecular weight excluding hydrogens is 460 g/mol. The molecule has 2 aromatic carbocycles. The lowest BCUT2D eigenvalue weighted by atomic mass is 9.99. The Morgan fingerprint density at radius 3 is 2.65 bits per heavy atom. The van der Waals surface area contributed by atoms with Crippen molar-refractivity contribution in [2.75, 3.05) is 33.4 Å². The summed E-state index contributed by atoms with van der Waals surface area (Å²) in [6.07, 6.45) is 10.4. The number of fused-ring (bicyclic) bond motifs is 1. The molecule has 0 saturated heterocycles. The van der Waals surface area contributed by atoms with E-state index in [0.717, 1.165) is 88.0 Å². The van der Waals surface area contributed by atoms with Crippen LogP contribution in [-0.4, -0.2) is 45.7 Å². The molecule has 1 aliphatic rings. The van der Waals surface area contributed by atoms with E-state index in [9.17, 15) is 4.79 Å². The lowest BCUT2D eigenvalue weighted by Crippen LogP contribution is -2.38. The summed E-state index contributed by atoms with van der Waals surface area (Å²) >= 11 is 0. The van der Waals surface area contributed by atoms with Crippen molar-refractivity contribution < 1.29 is 14.3 Å². The van der Waals surface area contributed by atoms with Crippen LogP contribution in [0.15, 0.2) is 49.0 Å². The summed E-state index contributed by atoms with van der Waals surface area (Å²) in [7, 11) is 2.04. The zero-order chi connectivity index (χ0) is 26.7. The Morgan fingerprint density at radius 1 is 1.14 bits per heavy atom. The van der Waals surface area contributed by atoms with E-state index < -0.39 is 0 Å². The van der Waals surface area contributed by atoms with Gasteiger partial charge in [0, 0.05) is 19.0 Å². The van der Waals surface area contributed by atoms with Crippen LogP contribution >= 0.6 is 0 Å². The number of benzene rings is 2. The van der Waals surface area contributed by atoms with E-state index in [2.05, 4.69) is 54.5 Å². The van der Waals surface area contributed by atoms with Gasteiger partial charge in [-0.15, -0.1) is 0 Å². The topological polar surface area (TPSA) is 59.6 Å². The van der Waals surface area contributed by atoms with Gasteiger partial charge in [-0.05, 0) is 106 Å². The van der Waals surface area contributed by atoms with Crippen molar-refractivity contribution in [1.82, 2.24) is 10.6 Å². The number of rotatable bonds is 16. The molecule has 0 bridgehead atoms. The quantitative estimate of drug-likeness (QED) is 0.203. The van der Waals surface area contributed by atoms with E-state index in [-0.39, 0.29) is 0 Å². The molecule has 1 unspecified atom stereocenters. The average molecular weight is 509 g/mol. The number of hydrogen-bond acceptors (Lipinski definition) is 5. The van der Waals surface area contributed by atoms with Crippen molar-refractivity contribution in [2.24, 2.45) is 0 Å². The van der Waals surface area contributed by atoms with E-state index in [1.807, 2.05) is 26.1 Å². The van der Waals surface area contributed by atoms with Gasteiger partial charge in [-0.2, -0.15) is 0 Å². The second-order valence-corrected chi connectivity index (χ2v) is 9.61. The van der Waals surface area contributed by atoms with Gasteiger partial charge >= 0.3 is 0 Å². The number of allylic oxidation sites excluding steroid dienone is 1. The minimum absolute atomic E-state index is 0.495. The van der Waals surface area contributed by atoms with E-state index >= 15 is 0 Å². The smallest absolute Gasteiger partial charge is 0.122 e. The number of aryl methyl sites for hydroxylation is 1. The number of carbonyl (C=O) groups excluding carboxylic acids is 1. The Labute approximate surface area is 225 Å². The Hall–Kier alpha value is -2.63. The standard InChI is InChI=1S/C16H26N2O.C16H22O2/c1-3-8-18-12-15(17-2)11-13-6-7-16-14(10-13)5-4-9-19-16;1-3-18-16-11-9-15(10-12-16)14(2)8-6-4-5-7-13-17/h6-7,10,15,17-18H,3-5,8-9,11-12H2,1-2H3;9-13H,2-8H2,1H3. The molecule has 2 aromatic rings. The number of nitrogens with one attached hydrogen (secondary N) is 2. The van der Waals surface area contributed by atoms with Gasteiger partial charge in [-0.1, -0.05) is 44.2 Å². The second kappa shape index (κ2) is 18.6. The van der Waals surface area contributed by atoms with E-state index in [1.165, 1.54) is 23.1 Å². The monoisotopic (exact) mass is 508 g/mol. The van der Waals surface area contributed by atoms with Gasteiger partial charge in [0.25, 0.3) is 0 Å². The predicted octanol–water partition coefficient (Wildman–Crippen LogP) is 6.39. The molecule has 204 valence electrons. The summed E-state index contributed by atoms with van der Waals surface area (Å²) in [6.45, 7) is 12.0. The number of hydrogen-bond donors (Lipinski definition) is 2. The van der Waals surface area contributed by atoms with Crippen molar-refractivity contribution in [3.8, 4) is 11.5 Å². The Balaban J connectivity index is 0.000000261. The molecule has 0 spiro atoms. The van der Waals surface area contributed by atoms with E-state index in [4.69, 9.17) is 9.47 Å². The molecule has 0 saturated carbocycles. The predicted molar refractivity (Wildman–Crippen MR) is 156 cm³/mol. The number of ether oxygens (including phenoxy) is 2. The van der Waals surface area contributed by atoms with Gasteiger partial charge in [0.05, 0.1) is 13.2 Å². The lowest BCUT2D eigenvalue weighted by molar-refractivity contribution is -0.107. The van der Waals surface area contributed by atoms with Crippen LogP contribution in [0.1, 0.15) is 75.5 Å². The van der Waals surface area contributed by atoms with Crippen molar-refractivity contribution in [1.29, 1.82) is 0 Å². The maximum absolute atomic E-state index is 10.2. The Bertz CT molecular complexity index is 911. The summed E-state index contributed by atoms with van der Waals surface area (Å²) < 4.78 is 11.1. The fraction of sp³-hybridized carbons (Fsp3) is 0.531. The molecule has 3 rings (SSSR count). The van der Waals surface area contributed by atoms with Crippen LogP contribution in [0.5, 0.6) is 11.5 Å². The van der Waals surface area contributed by atoms with Gasteiger partial charge < -0.3 is 24.9 Å². The van der Waals surface area contributed by atoms with Crippen molar-refractivity contribution in [3.05, 3.63) is 65.7 Å². The molecule has 1 heterocycles. The molecule has 0 fully saturated rings. The minimum atomic E-state index is 0.495. The van der Waals surface area contributed by atoms with Gasteiger partial charge in [0.2, 0.25) is 0 Å². The number of likely N-dealkylation sites (N-methyl/N-ethyl adjacent to an activating group) is 1. The highest BCUT2D eigenvalue weighted by Crippen LogP contribution is 2.26. The summed E-state index contributed by atoms with van der Waals surface area (Å²) in [5.41, 5.74) is 5.11. The largest absolute Gasteiger partial charge is 0.494 e. The van der Waals surface area contributed by atoms with Crippen LogP contribution in [-0.2, 0) is 17.6 Å². The maximum Gasteiger partial charge on any atom is 0.122 e. The molecule has 5 nitrogen and oxygen atoms in total. The molecule has 1 atom stereocenters. The highest BCUT2D eigenvalue weighted by atomic mass is 16.5. The summed E-state index contributed by atoms with van der Waals surface area (Å²) in [5, 5.41) is 6.88. The van der Waals surface area contributed by atoms with Gasteiger partial charge in [0.1, 0.15) is 17.8 Å². The number of aldehydes is 1. The molecular formula is C32H48N2O3. The molecule has 0 amide bonds. The zero-order valence-electron chi connectivity index (χ0n) is 23.3. The van der Waals surface area contributed by atoms with Crippen LogP contribution in [0.3, 0.4) is 0 Å².